The lowest BCUT2D eigenvalue weighted by Crippen LogP contribution is -2.10. The largest absolute Gasteiger partial charge is 0.305 e. The van der Waals surface area contributed by atoms with E-state index < -0.39 is 0 Å². The van der Waals surface area contributed by atoms with E-state index in [0.29, 0.717) is 32.2 Å². The van der Waals surface area contributed by atoms with E-state index in [-0.39, 0.29) is 11.4 Å². The normalized spacial score (nSPS) is 10.9. The molecule has 3 rings (SSSR count). The Hall–Kier alpha value is -2.12. The van der Waals surface area contributed by atoms with Crippen LogP contribution in [0.2, 0.25) is 0 Å². The molecule has 0 fully saturated rings. The highest BCUT2D eigenvalue weighted by Crippen LogP contribution is 2.21. The molecule has 0 unspecified atom stereocenters. The van der Waals surface area contributed by atoms with Crippen LogP contribution in [0.5, 0.6) is 0 Å². The molecule has 4 nitrogen and oxygen atoms in total. The summed E-state index contributed by atoms with van der Waals surface area (Å²) < 4.78 is 15.8. The molecular weight excluding hydrogens is 309 g/mol. The highest BCUT2D eigenvalue weighted by molar-refractivity contribution is 7.73. The van der Waals surface area contributed by atoms with Gasteiger partial charge in [-0.05, 0) is 36.5 Å². The summed E-state index contributed by atoms with van der Waals surface area (Å²) in [7, 11) is 0. The molecule has 2 aromatic heterocycles. The van der Waals surface area contributed by atoms with Crippen molar-refractivity contribution in [1.29, 1.82) is 0 Å². The molecule has 0 radical (unpaired) electrons. The molecular formula is C14H10FN3OS2. The van der Waals surface area contributed by atoms with Gasteiger partial charge in [0.15, 0.2) is 9.60 Å². The lowest BCUT2D eigenvalue weighted by molar-refractivity contribution is 0.628. The van der Waals surface area contributed by atoms with E-state index in [1.165, 1.54) is 23.5 Å². The van der Waals surface area contributed by atoms with E-state index in [4.69, 9.17) is 12.2 Å². The molecule has 0 saturated heterocycles. The first kappa shape index (κ1) is 13.8. The van der Waals surface area contributed by atoms with Gasteiger partial charge in [0, 0.05) is 12.1 Å². The first-order chi connectivity index (χ1) is 10.1. The Morgan fingerprint density at radius 1 is 1.43 bits per heavy atom. The fraction of sp³-hybridized carbons (Fsp3) is 0.0714. The first-order valence-electron chi connectivity index (χ1n) is 6.10. The van der Waals surface area contributed by atoms with E-state index in [1.807, 2.05) is 0 Å². The van der Waals surface area contributed by atoms with Crippen LogP contribution in [0, 0.1) is 9.77 Å². The van der Waals surface area contributed by atoms with Gasteiger partial charge in [-0.15, -0.1) is 6.58 Å². The smallest absolute Gasteiger partial charge is 0.270 e. The molecule has 1 aromatic carbocycles. The average Bonchev–Trinajstić information content (AvgIpc) is 2.78. The van der Waals surface area contributed by atoms with Crippen molar-refractivity contribution >= 4 is 33.9 Å². The zero-order valence-electron chi connectivity index (χ0n) is 10.8. The number of rotatable bonds is 3. The number of nitrogens with one attached hydrogen (secondary N) is 1. The lowest BCUT2D eigenvalue weighted by Gasteiger charge is -2.03. The van der Waals surface area contributed by atoms with E-state index in [9.17, 15) is 9.18 Å². The molecule has 3 aromatic rings. The van der Waals surface area contributed by atoms with Gasteiger partial charge >= 0.3 is 0 Å². The van der Waals surface area contributed by atoms with Crippen molar-refractivity contribution in [2.45, 2.75) is 6.54 Å². The molecule has 0 amide bonds. The number of nitrogens with zero attached hydrogens (tertiary/aromatic N) is 2. The van der Waals surface area contributed by atoms with E-state index in [0.717, 1.165) is 0 Å². The maximum atomic E-state index is 13.0. The third-order valence-electron chi connectivity index (χ3n) is 2.95. The second-order valence-electron chi connectivity index (χ2n) is 4.34. The molecule has 0 bridgehead atoms. The Kier molecular flexibility index (Phi) is 3.52. The predicted molar refractivity (Wildman–Crippen MR) is 84.7 cm³/mol. The number of hydrogen-bond donors (Lipinski definition) is 1. The third-order valence-corrected chi connectivity index (χ3v) is 4.39. The SMILES string of the molecule is C=CCn1c(=S)sc2c(=O)[nH]c(-c3ccc(F)cc3)nc21. The van der Waals surface area contributed by atoms with Gasteiger partial charge in [0.25, 0.3) is 5.56 Å². The van der Waals surface area contributed by atoms with Crippen molar-refractivity contribution in [2.24, 2.45) is 0 Å². The van der Waals surface area contributed by atoms with Crippen LogP contribution in [0.15, 0.2) is 41.7 Å². The summed E-state index contributed by atoms with van der Waals surface area (Å²) in [6, 6.07) is 5.78. The maximum absolute atomic E-state index is 13.0. The summed E-state index contributed by atoms with van der Waals surface area (Å²) in [5.74, 6) is 0.0467. The number of H-pyrrole nitrogens is 1. The van der Waals surface area contributed by atoms with Gasteiger partial charge in [-0.1, -0.05) is 17.4 Å². The minimum atomic E-state index is -0.340. The van der Waals surface area contributed by atoms with Crippen molar-refractivity contribution < 1.29 is 4.39 Å². The van der Waals surface area contributed by atoms with Crippen LogP contribution >= 0.6 is 23.6 Å². The van der Waals surface area contributed by atoms with E-state index in [2.05, 4.69) is 16.5 Å². The number of thiazole rings is 1. The molecule has 2 heterocycles. The Morgan fingerprint density at radius 2 is 2.14 bits per heavy atom. The third kappa shape index (κ3) is 2.45. The minimum absolute atomic E-state index is 0.252. The van der Waals surface area contributed by atoms with E-state index >= 15 is 0 Å². The van der Waals surface area contributed by atoms with Crippen molar-refractivity contribution in [2.75, 3.05) is 0 Å². The molecule has 0 aliphatic rings. The van der Waals surface area contributed by atoms with Gasteiger partial charge in [0.1, 0.15) is 16.3 Å². The van der Waals surface area contributed by atoms with Gasteiger partial charge in [0.05, 0.1) is 0 Å². The number of benzene rings is 1. The molecule has 0 atom stereocenters. The van der Waals surface area contributed by atoms with Crippen molar-refractivity contribution in [3.8, 4) is 11.4 Å². The van der Waals surface area contributed by atoms with Crippen LogP contribution < -0.4 is 5.56 Å². The van der Waals surface area contributed by atoms with E-state index in [1.54, 1.807) is 22.8 Å². The number of hydrogen-bond acceptors (Lipinski definition) is 4. The molecule has 106 valence electrons. The van der Waals surface area contributed by atoms with Gasteiger partial charge in [-0.25, -0.2) is 9.37 Å². The van der Waals surface area contributed by atoms with Crippen LogP contribution in [0.3, 0.4) is 0 Å². The number of allylic oxidation sites excluding steroid dienone is 1. The number of fused-ring (bicyclic) bond motifs is 1. The van der Waals surface area contributed by atoms with Crippen LogP contribution in [0.1, 0.15) is 0 Å². The van der Waals surface area contributed by atoms with Crippen LogP contribution in [-0.4, -0.2) is 14.5 Å². The van der Waals surface area contributed by atoms with Gasteiger partial charge in [-0.3, -0.25) is 4.79 Å². The summed E-state index contributed by atoms with van der Waals surface area (Å²) in [4.78, 5) is 19.3. The van der Waals surface area contributed by atoms with Crippen molar-refractivity contribution in [3.63, 3.8) is 0 Å². The predicted octanol–water partition coefficient (Wildman–Crippen LogP) is 3.51. The summed E-state index contributed by atoms with van der Waals surface area (Å²) in [6.45, 7) is 4.16. The topological polar surface area (TPSA) is 50.7 Å². The Bertz CT molecular complexity index is 937. The monoisotopic (exact) mass is 319 g/mol. The molecule has 21 heavy (non-hydrogen) atoms. The summed E-state index contributed by atoms with van der Waals surface area (Å²) in [5.41, 5.74) is 0.906. The fourth-order valence-corrected chi connectivity index (χ4v) is 3.24. The van der Waals surface area contributed by atoms with Crippen LogP contribution in [0.4, 0.5) is 4.39 Å². The minimum Gasteiger partial charge on any atom is -0.305 e. The average molecular weight is 319 g/mol. The highest BCUT2D eigenvalue weighted by atomic mass is 32.1. The zero-order chi connectivity index (χ0) is 15.0. The first-order valence-corrected chi connectivity index (χ1v) is 7.33. The zero-order valence-corrected chi connectivity index (χ0v) is 12.4. The summed E-state index contributed by atoms with van der Waals surface area (Å²) in [6.07, 6.45) is 1.70. The quantitative estimate of drug-likeness (QED) is 0.594. The molecule has 0 aliphatic carbocycles. The standard InChI is InChI=1S/C14H10FN3OS2/c1-2-7-18-12-10(21-14(18)20)13(19)17-11(16-12)8-3-5-9(15)6-4-8/h2-6H,1,7H2,(H,16,17,19). The maximum Gasteiger partial charge on any atom is 0.270 e. The second kappa shape index (κ2) is 5.34. The number of aromatic amines is 1. The summed E-state index contributed by atoms with van der Waals surface area (Å²) in [5, 5.41) is 0. The van der Waals surface area contributed by atoms with Gasteiger partial charge in [-0.2, -0.15) is 0 Å². The van der Waals surface area contributed by atoms with Crippen molar-refractivity contribution in [1.82, 2.24) is 14.5 Å². The lowest BCUT2D eigenvalue weighted by atomic mass is 10.2. The number of aromatic nitrogens is 3. The molecule has 0 spiro atoms. The molecule has 7 heteroatoms. The molecule has 0 aliphatic heterocycles. The van der Waals surface area contributed by atoms with Gasteiger partial charge < -0.3 is 9.55 Å². The van der Waals surface area contributed by atoms with Crippen LogP contribution in [0.25, 0.3) is 21.7 Å². The van der Waals surface area contributed by atoms with Gasteiger partial charge in [0.2, 0.25) is 0 Å². The molecule has 1 N–H and O–H groups in total. The number of halogens is 1. The van der Waals surface area contributed by atoms with Crippen LogP contribution in [-0.2, 0) is 6.54 Å². The Morgan fingerprint density at radius 3 is 2.81 bits per heavy atom. The Balaban J connectivity index is 2.28. The fourth-order valence-electron chi connectivity index (χ4n) is 1.99. The van der Waals surface area contributed by atoms with Crippen molar-refractivity contribution in [3.05, 3.63) is 57.0 Å². The second-order valence-corrected chi connectivity index (χ2v) is 5.99. The Labute approximate surface area is 128 Å². The summed E-state index contributed by atoms with van der Waals surface area (Å²) >= 11 is 6.46. The molecule has 0 saturated carbocycles. The highest BCUT2D eigenvalue weighted by Gasteiger charge is 2.12.